The fourth-order valence-corrected chi connectivity index (χ4v) is 5.74. The molecular weight excluding hydrogens is 564 g/mol. The van der Waals surface area contributed by atoms with Crippen molar-refractivity contribution < 1.29 is 12.8 Å². The molecule has 39 heavy (non-hydrogen) atoms. The largest absolute Gasteiger partial charge is 0.340 e. The second kappa shape index (κ2) is 11.6. The molecule has 0 aliphatic carbocycles. The van der Waals surface area contributed by atoms with E-state index in [2.05, 4.69) is 41.8 Å². The van der Waals surface area contributed by atoms with Gasteiger partial charge in [0.2, 0.25) is 10.0 Å². The molecule has 2 aromatic heterocycles. The van der Waals surface area contributed by atoms with Crippen LogP contribution in [0.25, 0.3) is 22.0 Å². The third-order valence-electron chi connectivity index (χ3n) is 6.53. The molecule has 0 spiro atoms. The monoisotopic (exact) mass is 589 g/mol. The van der Waals surface area contributed by atoms with Crippen molar-refractivity contribution in [2.24, 2.45) is 0 Å². The van der Waals surface area contributed by atoms with Crippen molar-refractivity contribution in [1.82, 2.24) is 24.8 Å². The van der Waals surface area contributed by atoms with Crippen LogP contribution < -0.4 is 10.0 Å². The number of piperazine rings is 1. The molecule has 0 bridgehead atoms. The number of rotatable bonds is 8. The zero-order valence-electron chi connectivity index (χ0n) is 21.0. The van der Waals surface area contributed by atoms with E-state index >= 15 is 0 Å². The van der Waals surface area contributed by atoms with Gasteiger partial charge in [-0.1, -0.05) is 29.3 Å². The van der Waals surface area contributed by atoms with E-state index in [4.69, 9.17) is 23.2 Å². The van der Waals surface area contributed by atoms with E-state index in [1.54, 1.807) is 18.3 Å². The lowest BCUT2D eigenvalue weighted by Crippen LogP contribution is -2.46. The lowest BCUT2D eigenvalue weighted by molar-refractivity contribution is 0.161. The maximum absolute atomic E-state index is 13.6. The summed E-state index contributed by atoms with van der Waals surface area (Å²) in [5.41, 5.74) is 2.85. The van der Waals surface area contributed by atoms with E-state index < -0.39 is 15.8 Å². The van der Waals surface area contributed by atoms with E-state index in [0.717, 1.165) is 31.7 Å². The maximum Gasteiger partial charge on any atom is 0.234 e. The number of likely N-dealkylation sites (N-methyl/N-ethyl adjacent to an activating group) is 1. The van der Waals surface area contributed by atoms with Crippen molar-refractivity contribution in [2.45, 2.75) is 0 Å². The highest BCUT2D eigenvalue weighted by Gasteiger charge is 2.19. The molecule has 0 saturated carbocycles. The van der Waals surface area contributed by atoms with Gasteiger partial charge in [-0.05, 0) is 49.0 Å². The summed E-state index contributed by atoms with van der Waals surface area (Å²) in [5, 5.41) is 3.89. The molecule has 4 aromatic rings. The lowest BCUT2D eigenvalue weighted by Gasteiger charge is -2.32. The Morgan fingerprint density at radius 3 is 2.54 bits per heavy atom. The molecule has 0 atom stereocenters. The van der Waals surface area contributed by atoms with Crippen LogP contribution >= 0.6 is 23.2 Å². The molecule has 2 aromatic carbocycles. The lowest BCUT2D eigenvalue weighted by atomic mass is 10.0. The van der Waals surface area contributed by atoms with Crippen LogP contribution in [-0.2, 0) is 10.0 Å². The van der Waals surface area contributed by atoms with Gasteiger partial charge in [-0.25, -0.2) is 27.8 Å². The third-order valence-corrected chi connectivity index (χ3v) is 8.37. The molecule has 13 heteroatoms. The van der Waals surface area contributed by atoms with E-state index in [1.165, 1.54) is 18.5 Å². The SMILES string of the molecule is CN1CCN(CCS(=O)(=O)Nc2cc(-c3ccc4ncnc(Nc5ccc(F)c(Cl)c5)c4c3)cnc2Cl)CC1. The van der Waals surface area contributed by atoms with Crippen LogP contribution in [0.4, 0.5) is 21.6 Å². The molecule has 204 valence electrons. The highest BCUT2D eigenvalue weighted by atomic mass is 35.5. The van der Waals surface area contributed by atoms with Gasteiger partial charge in [-0.15, -0.1) is 0 Å². The fraction of sp³-hybridized carbons (Fsp3) is 0.269. The number of anilines is 3. The summed E-state index contributed by atoms with van der Waals surface area (Å²) in [6.07, 6.45) is 3.00. The molecule has 0 unspecified atom stereocenters. The van der Waals surface area contributed by atoms with Crippen LogP contribution in [0.1, 0.15) is 0 Å². The van der Waals surface area contributed by atoms with Gasteiger partial charge in [0.25, 0.3) is 0 Å². The highest BCUT2D eigenvalue weighted by molar-refractivity contribution is 7.92. The van der Waals surface area contributed by atoms with Crippen molar-refractivity contribution >= 4 is 61.3 Å². The summed E-state index contributed by atoms with van der Waals surface area (Å²) < 4.78 is 41.9. The molecule has 2 N–H and O–H groups in total. The summed E-state index contributed by atoms with van der Waals surface area (Å²) in [6.45, 7) is 3.93. The van der Waals surface area contributed by atoms with Gasteiger partial charge in [0, 0.05) is 55.6 Å². The predicted molar refractivity (Wildman–Crippen MR) is 154 cm³/mol. The fourth-order valence-electron chi connectivity index (χ4n) is 4.26. The first-order valence-corrected chi connectivity index (χ1v) is 14.6. The zero-order valence-corrected chi connectivity index (χ0v) is 23.4. The van der Waals surface area contributed by atoms with Gasteiger partial charge in [0.15, 0.2) is 5.15 Å². The Hall–Kier alpha value is -3.09. The van der Waals surface area contributed by atoms with Gasteiger partial charge in [-0.3, -0.25) is 9.62 Å². The van der Waals surface area contributed by atoms with Crippen molar-refractivity contribution in [2.75, 3.05) is 55.6 Å². The number of nitrogens with one attached hydrogen (secondary N) is 2. The minimum atomic E-state index is -3.65. The number of pyridine rings is 1. The minimum Gasteiger partial charge on any atom is -0.340 e. The Labute approximate surface area is 236 Å². The van der Waals surface area contributed by atoms with E-state index in [1.807, 2.05) is 18.2 Å². The summed E-state index contributed by atoms with van der Waals surface area (Å²) in [5.74, 6) is -0.0677. The van der Waals surface area contributed by atoms with E-state index in [9.17, 15) is 12.8 Å². The summed E-state index contributed by atoms with van der Waals surface area (Å²) in [4.78, 5) is 17.2. The van der Waals surface area contributed by atoms with E-state index in [-0.39, 0.29) is 21.6 Å². The third kappa shape index (κ3) is 6.74. The normalized spacial score (nSPS) is 15.0. The standard InChI is InChI=1S/C26H26Cl2FN7O2S/c1-35-6-8-36(9-7-35)10-11-39(37,38)34-24-13-18(15-30-25(24)28)17-2-5-23-20(12-17)26(32-16-31-23)33-19-3-4-22(29)21(27)14-19/h2-5,12-16,34H,6-11H2,1H3,(H,31,32,33). The van der Waals surface area contributed by atoms with Gasteiger partial charge < -0.3 is 10.2 Å². The number of sulfonamides is 1. The average Bonchev–Trinajstić information content (AvgIpc) is 2.91. The first kappa shape index (κ1) is 27.5. The molecule has 1 aliphatic rings. The maximum atomic E-state index is 13.6. The molecule has 1 saturated heterocycles. The summed E-state index contributed by atoms with van der Waals surface area (Å²) >= 11 is 12.2. The molecule has 0 amide bonds. The number of hydrogen-bond acceptors (Lipinski definition) is 8. The highest BCUT2D eigenvalue weighted by Crippen LogP contribution is 2.32. The smallest absolute Gasteiger partial charge is 0.234 e. The number of aromatic nitrogens is 3. The topological polar surface area (TPSA) is 103 Å². The van der Waals surface area contributed by atoms with Crippen LogP contribution in [0.3, 0.4) is 0 Å². The van der Waals surface area contributed by atoms with E-state index in [0.29, 0.717) is 34.5 Å². The number of fused-ring (bicyclic) bond motifs is 1. The van der Waals surface area contributed by atoms with Gasteiger partial charge in [0.05, 0.1) is 22.0 Å². The Balaban J connectivity index is 1.37. The van der Waals surface area contributed by atoms with Crippen LogP contribution in [-0.4, -0.2) is 78.7 Å². The predicted octanol–water partition coefficient (Wildman–Crippen LogP) is 4.87. The summed E-state index contributed by atoms with van der Waals surface area (Å²) in [6, 6.07) is 11.5. The first-order valence-electron chi connectivity index (χ1n) is 12.2. The number of halogens is 3. The Bertz CT molecular complexity index is 1620. The molecule has 1 aliphatic heterocycles. The van der Waals surface area contributed by atoms with Crippen molar-refractivity contribution in [3.05, 3.63) is 71.0 Å². The van der Waals surface area contributed by atoms with Gasteiger partial charge in [-0.2, -0.15) is 0 Å². The second-order valence-corrected chi connectivity index (χ2v) is 11.9. The quantitative estimate of drug-likeness (QED) is 0.280. The zero-order chi connectivity index (χ0) is 27.6. The molecule has 0 radical (unpaired) electrons. The van der Waals surface area contributed by atoms with Gasteiger partial charge in [0.1, 0.15) is 18.0 Å². The van der Waals surface area contributed by atoms with Crippen molar-refractivity contribution in [3.63, 3.8) is 0 Å². The van der Waals surface area contributed by atoms with Crippen molar-refractivity contribution in [3.8, 4) is 11.1 Å². The van der Waals surface area contributed by atoms with Crippen LogP contribution in [0.2, 0.25) is 10.2 Å². The molecule has 9 nitrogen and oxygen atoms in total. The van der Waals surface area contributed by atoms with Crippen LogP contribution in [0.5, 0.6) is 0 Å². The average molecular weight is 591 g/mol. The second-order valence-electron chi connectivity index (χ2n) is 9.34. The number of hydrogen-bond donors (Lipinski definition) is 2. The molecule has 1 fully saturated rings. The van der Waals surface area contributed by atoms with Gasteiger partial charge >= 0.3 is 0 Å². The van der Waals surface area contributed by atoms with Crippen LogP contribution in [0, 0.1) is 5.82 Å². The molecule has 3 heterocycles. The molecular formula is C26H26Cl2FN7O2S. The number of benzene rings is 2. The Morgan fingerprint density at radius 2 is 1.77 bits per heavy atom. The van der Waals surface area contributed by atoms with Crippen molar-refractivity contribution in [1.29, 1.82) is 0 Å². The Kier molecular flexibility index (Phi) is 8.15. The Morgan fingerprint density at radius 1 is 0.974 bits per heavy atom. The molecule has 5 rings (SSSR count). The van der Waals surface area contributed by atoms with Crippen LogP contribution in [0.15, 0.2) is 55.0 Å². The first-order chi connectivity index (χ1) is 18.7. The number of nitrogens with zero attached hydrogens (tertiary/aromatic N) is 5. The minimum absolute atomic E-state index is 0.00944. The summed E-state index contributed by atoms with van der Waals surface area (Å²) in [7, 11) is -1.59.